The molecule has 0 amide bonds. The van der Waals surface area contributed by atoms with E-state index in [1.54, 1.807) is 6.07 Å². The molecule has 0 spiro atoms. The Morgan fingerprint density at radius 3 is 2.38 bits per heavy atom. The molecule has 2 heteroatoms. The molecule has 70 valence electrons. The first-order valence-corrected chi connectivity index (χ1v) is 4.30. The molecule has 13 heavy (non-hydrogen) atoms. The zero-order chi connectivity index (χ0) is 10.1. The van der Waals surface area contributed by atoms with E-state index in [9.17, 15) is 4.79 Å². The minimum Gasteiger partial charge on any atom is -0.398 e. The smallest absolute Gasteiger partial charge is 0.152 e. The number of carbonyl (C=O) groups is 1. The summed E-state index contributed by atoms with van der Waals surface area (Å²) in [6, 6.07) is 5.59. The second-order valence-electron chi connectivity index (χ2n) is 4.21. The number of nitrogens with two attached hydrogens (primary N) is 1. The van der Waals surface area contributed by atoms with Crippen LogP contribution in [0.15, 0.2) is 18.2 Å². The van der Waals surface area contributed by atoms with Gasteiger partial charge in [-0.15, -0.1) is 0 Å². The fourth-order valence-corrected chi connectivity index (χ4v) is 1.14. The van der Waals surface area contributed by atoms with Crippen molar-refractivity contribution in [1.82, 2.24) is 0 Å². The maximum absolute atomic E-state index is 10.6. The zero-order valence-electron chi connectivity index (χ0n) is 8.29. The SMILES string of the molecule is CC(C)(C)c1ccc(N)c(C=O)c1. The quantitative estimate of drug-likeness (QED) is 0.528. The molecule has 0 bridgehead atoms. The maximum Gasteiger partial charge on any atom is 0.152 e. The number of rotatable bonds is 1. The standard InChI is InChI=1S/C11H15NO/c1-11(2,3)9-4-5-10(12)8(6-9)7-13/h4-7H,12H2,1-3H3. The topological polar surface area (TPSA) is 43.1 Å². The molecule has 2 nitrogen and oxygen atoms in total. The minimum absolute atomic E-state index is 0.0610. The summed E-state index contributed by atoms with van der Waals surface area (Å²) >= 11 is 0. The van der Waals surface area contributed by atoms with E-state index in [1.807, 2.05) is 12.1 Å². The number of anilines is 1. The van der Waals surface area contributed by atoms with E-state index in [4.69, 9.17) is 5.73 Å². The van der Waals surface area contributed by atoms with Crippen LogP contribution in [-0.2, 0) is 5.41 Å². The maximum atomic E-state index is 10.6. The summed E-state index contributed by atoms with van der Waals surface area (Å²) in [5.74, 6) is 0. The normalized spacial score (nSPS) is 11.3. The van der Waals surface area contributed by atoms with Gasteiger partial charge in [-0.25, -0.2) is 0 Å². The van der Waals surface area contributed by atoms with Crippen molar-refractivity contribution in [2.24, 2.45) is 0 Å². The van der Waals surface area contributed by atoms with Gasteiger partial charge in [-0.05, 0) is 23.1 Å². The Bertz CT molecular complexity index is 323. The minimum atomic E-state index is 0.0610. The van der Waals surface area contributed by atoms with Crippen molar-refractivity contribution >= 4 is 12.0 Å². The highest BCUT2D eigenvalue weighted by Gasteiger charge is 2.14. The average Bonchev–Trinajstić information content (AvgIpc) is 2.03. The Kier molecular flexibility index (Phi) is 2.41. The Morgan fingerprint density at radius 1 is 1.31 bits per heavy atom. The van der Waals surface area contributed by atoms with Gasteiger partial charge in [0, 0.05) is 11.3 Å². The Balaban J connectivity index is 3.21. The molecule has 0 fully saturated rings. The summed E-state index contributed by atoms with van der Waals surface area (Å²) in [6.07, 6.45) is 0.796. The Morgan fingerprint density at radius 2 is 1.92 bits per heavy atom. The molecule has 0 heterocycles. The summed E-state index contributed by atoms with van der Waals surface area (Å²) in [5, 5.41) is 0. The molecule has 0 saturated carbocycles. The van der Waals surface area contributed by atoms with Crippen molar-refractivity contribution in [2.45, 2.75) is 26.2 Å². The third kappa shape index (κ3) is 2.08. The number of carbonyl (C=O) groups excluding carboxylic acids is 1. The molecule has 0 saturated heterocycles. The predicted octanol–water partition coefficient (Wildman–Crippen LogP) is 2.38. The highest BCUT2D eigenvalue weighted by molar-refractivity contribution is 5.83. The first kappa shape index (κ1) is 9.78. The highest BCUT2D eigenvalue weighted by Crippen LogP contribution is 2.24. The summed E-state index contributed by atoms with van der Waals surface area (Å²) < 4.78 is 0. The molecule has 0 aliphatic heterocycles. The van der Waals surface area contributed by atoms with Gasteiger partial charge in [0.2, 0.25) is 0 Å². The highest BCUT2D eigenvalue weighted by atomic mass is 16.1. The van der Waals surface area contributed by atoms with Gasteiger partial charge in [0.15, 0.2) is 6.29 Å². The van der Waals surface area contributed by atoms with Crippen molar-refractivity contribution in [1.29, 1.82) is 0 Å². The zero-order valence-corrected chi connectivity index (χ0v) is 8.29. The summed E-state index contributed by atoms with van der Waals surface area (Å²) in [6.45, 7) is 6.31. The molecule has 0 atom stereocenters. The van der Waals surface area contributed by atoms with E-state index in [-0.39, 0.29) is 5.41 Å². The largest absolute Gasteiger partial charge is 0.398 e. The molecule has 1 aromatic rings. The number of hydrogen-bond donors (Lipinski definition) is 1. The lowest BCUT2D eigenvalue weighted by atomic mass is 9.86. The molecule has 0 aliphatic rings. The van der Waals surface area contributed by atoms with Gasteiger partial charge in [-0.1, -0.05) is 26.8 Å². The monoisotopic (exact) mass is 177 g/mol. The third-order valence-corrected chi connectivity index (χ3v) is 2.08. The molecule has 0 unspecified atom stereocenters. The van der Waals surface area contributed by atoms with Crippen LogP contribution >= 0.6 is 0 Å². The van der Waals surface area contributed by atoms with Crippen LogP contribution in [0.3, 0.4) is 0 Å². The second-order valence-corrected chi connectivity index (χ2v) is 4.21. The fraction of sp³-hybridized carbons (Fsp3) is 0.364. The van der Waals surface area contributed by atoms with Gasteiger partial charge in [0.25, 0.3) is 0 Å². The van der Waals surface area contributed by atoms with E-state index in [0.29, 0.717) is 11.3 Å². The van der Waals surface area contributed by atoms with Gasteiger partial charge in [0.05, 0.1) is 0 Å². The van der Waals surface area contributed by atoms with Crippen LogP contribution in [0.2, 0.25) is 0 Å². The lowest BCUT2D eigenvalue weighted by Gasteiger charge is -2.19. The van der Waals surface area contributed by atoms with Crippen LogP contribution in [0.1, 0.15) is 36.7 Å². The third-order valence-electron chi connectivity index (χ3n) is 2.08. The van der Waals surface area contributed by atoms with Gasteiger partial charge in [0.1, 0.15) is 0 Å². The lowest BCUT2D eigenvalue weighted by Crippen LogP contribution is -2.11. The van der Waals surface area contributed by atoms with Crippen LogP contribution in [0.25, 0.3) is 0 Å². The predicted molar refractivity (Wildman–Crippen MR) is 54.9 cm³/mol. The summed E-state index contributed by atoms with van der Waals surface area (Å²) in [4.78, 5) is 10.6. The second kappa shape index (κ2) is 3.21. The molecule has 1 aromatic carbocycles. The molecule has 0 radical (unpaired) electrons. The van der Waals surface area contributed by atoms with E-state index < -0.39 is 0 Å². The van der Waals surface area contributed by atoms with Crippen molar-refractivity contribution < 1.29 is 4.79 Å². The van der Waals surface area contributed by atoms with E-state index >= 15 is 0 Å². The number of aldehydes is 1. The van der Waals surface area contributed by atoms with Gasteiger partial charge >= 0.3 is 0 Å². The number of benzene rings is 1. The first-order chi connectivity index (χ1) is 5.95. The van der Waals surface area contributed by atoms with Crippen molar-refractivity contribution in [3.63, 3.8) is 0 Å². The Labute approximate surface area is 78.8 Å². The summed E-state index contributed by atoms with van der Waals surface area (Å²) in [5.41, 5.74) is 7.92. The first-order valence-electron chi connectivity index (χ1n) is 4.30. The van der Waals surface area contributed by atoms with Crippen LogP contribution in [0.5, 0.6) is 0 Å². The van der Waals surface area contributed by atoms with Gasteiger partial charge in [-0.2, -0.15) is 0 Å². The van der Waals surface area contributed by atoms with Crippen molar-refractivity contribution in [3.8, 4) is 0 Å². The van der Waals surface area contributed by atoms with E-state index in [1.165, 1.54) is 0 Å². The van der Waals surface area contributed by atoms with E-state index in [0.717, 1.165) is 11.8 Å². The molecule has 2 N–H and O–H groups in total. The van der Waals surface area contributed by atoms with Gasteiger partial charge in [-0.3, -0.25) is 4.79 Å². The van der Waals surface area contributed by atoms with Crippen LogP contribution in [-0.4, -0.2) is 6.29 Å². The van der Waals surface area contributed by atoms with Crippen LogP contribution in [0.4, 0.5) is 5.69 Å². The summed E-state index contributed by atoms with van der Waals surface area (Å²) in [7, 11) is 0. The molecular formula is C11H15NO. The Hall–Kier alpha value is -1.31. The lowest BCUT2D eigenvalue weighted by molar-refractivity contribution is 0.112. The molecule has 1 rings (SSSR count). The van der Waals surface area contributed by atoms with Gasteiger partial charge < -0.3 is 5.73 Å². The van der Waals surface area contributed by atoms with E-state index in [2.05, 4.69) is 20.8 Å². The van der Waals surface area contributed by atoms with Crippen molar-refractivity contribution in [2.75, 3.05) is 5.73 Å². The van der Waals surface area contributed by atoms with Crippen LogP contribution in [0, 0.1) is 0 Å². The average molecular weight is 177 g/mol. The molecule has 0 aromatic heterocycles. The van der Waals surface area contributed by atoms with Crippen LogP contribution < -0.4 is 5.73 Å². The molecular weight excluding hydrogens is 162 g/mol. The fourth-order valence-electron chi connectivity index (χ4n) is 1.14. The molecule has 0 aliphatic carbocycles. The number of nitrogen functional groups attached to an aromatic ring is 1. The number of hydrogen-bond acceptors (Lipinski definition) is 2. The van der Waals surface area contributed by atoms with Crippen molar-refractivity contribution in [3.05, 3.63) is 29.3 Å².